The Kier molecular flexibility index (Phi) is 5.70. The van der Waals surface area contributed by atoms with Gasteiger partial charge >= 0.3 is 7.60 Å². The maximum absolute atomic E-state index is 14.5. The first-order chi connectivity index (χ1) is 16.5. The minimum absolute atomic E-state index is 0.172. The molecule has 1 aliphatic heterocycles. The van der Waals surface area contributed by atoms with E-state index in [-0.39, 0.29) is 23.6 Å². The molecule has 0 saturated carbocycles. The molecule has 1 N–H and O–H groups in total. The molecule has 0 bridgehead atoms. The van der Waals surface area contributed by atoms with Crippen LogP contribution in [-0.2, 0) is 21.2 Å². The summed E-state index contributed by atoms with van der Waals surface area (Å²) in [5, 5.41) is 9.45. The number of hydrogen-bond acceptors (Lipinski definition) is 5. The van der Waals surface area contributed by atoms with Gasteiger partial charge in [-0.2, -0.15) is 0 Å². The zero-order valence-electron chi connectivity index (χ0n) is 18.2. The number of para-hydroxylation sites is 3. The molecule has 6 nitrogen and oxygen atoms in total. The monoisotopic (exact) mass is 471 g/mol. The van der Waals surface area contributed by atoms with Gasteiger partial charge in [-0.15, -0.1) is 0 Å². The van der Waals surface area contributed by atoms with Gasteiger partial charge in [0.05, 0.1) is 12.2 Å². The van der Waals surface area contributed by atoms with E-state index in [0.29, 0.717) is 5.69 Å². The van der Waals surface area contributed by atoms with Crippen LogP contribution in [0.3, 0.4) is 0 Å². The molecule has 1 aliphatic rings. The zero-order chi connectivity index (χ0) is 23.6. The fraction of sp³-hybridized carbons (Fsp3) is 0.0741. The van der Waals surface area contributed by atoms with Gasteiger partial charge in [0.1, 0.15) is 11.5 Å². The van der Waals surface area contributed by atoms with E-state index in [2.05, 4.69) is 0 Å². The molecule has 1 heterocycles. The van der Waals surface area contributed by atoms with Crippen LogP contribution in [0.25, 0.3) is 0 Å². The van der Waals surface area contributed by atoms with Crippen molar-refractivity contribution in [2.75, 3.05) is 4.90 Å². The predicted molar refractivity (Wildman–Crippen MR) is 130 cm³/mol. The van der Waals surface area contributed by atoms with Crippen molar-refractivity contribution in [2.24, 2.45) is 0 Å². The summed E-state index contributed by atoms with van der Waals surface area (Å²) in [6.07, 6.45) is 0. The molecular formula is C27H22NO5P. The summed E-state index contributed by atoms with van der Waals surface area (Å²) in [4.78, 5) is 15.3. The van der Waals surface area contributed by atoms with Crippen LogP contribution in [0.2, 0.25) is 0 Å². The highest BCUT2D eigenvalue weighted by Gasteiger charge is 2.66. The third-order valence-electron chi connectivity index (χ3n) is 5.63. The Morgan fingerprint density at radius 2 is 1.18 bits per heavy atom. The number of carbonyl (C=O) groups excluding carboxylic acids is 1. The van der Waals surface area contributed by atoms with Crippen LogP contribution >= 0.6 is 7.60 Å². The van der Waals surface area contributed by atoms with Crippen molar-refractivity contribution in [3.05, 3.63) is 126 Å². The Bertz CT molecular complexity index is 1300. The minimum Gasteiger partial charge on any atom is -0.414 e. The first kappa shape index (κ1) is 22.0. The Balaban J connectivity index is 1.63. The molecule has 0 radical (unpaired) electrons. The highest BCUT2D eigenvalue weighted by molar-refractivity contribution is 7.57. The maximum atomic E-state index is 14.5. The summed E-state index contributed by atoms with van der Waals surface area (Å²) in [7, 11) is -4.59. The number of fused-ring (bicyclic) bond motifs is 1. The quantitative estimate of drug-likeness (QED) is 0.349. The normalized spacial score (nSPS) is 17.3. The second-order valence-corrected chi connectivity index (χ2v) is 9.88. The lowest BCUT2D eigenvalue weighted by Crippen LogP contribution is -2.42. The fourth-order valence-electron chi connectivity index (χ4n) is 4.00. The highest BCUT2D eigenvalue weighted by Crippen LogP contribution is 2.66. The van der Waals surface area contributed by atoms with Crippen LogP contribution < -0.4 is 13.9 Å². The van der Waals surface area contributed by atoms with Gasteiger partial charge in [0, 0.05) is 5.56 Å². The van der Waals surface area contributed by atoms with Crippen LogP contribution in [0.5, 0.6) is 11.5 Å². The van der Waals surface area contributed by atoms with Crippen LogP contribution in [0, 0.1) is 0 Å². The molecule has 170 valence electrons. The molecular weight excluding hydrogens is 449 g/mol. The predicted octanol–water partition coefficient (Wildman–Crippen LogP) is 5.73. The molecule has 0 saturated heterocycles. The molecule has 7 heteroatoms. The summed E-state index contributed by atoms with van der Waals surface area (Å²) in [6, 6.07) is 32.9. The van der Waals surface area contributed by atoms with E-state index in [9.17, 15) is 14.5 Å². The van der Waals surface area contributed by atoms with Gasteiger partial charge in [-0.05, 0) is 35.9 Å². The number of nitrogens with zero attached hydrogens (tertiary/aromatic N) is 1. The van der Waals surface area contributed by atoms with Crippen molar-refractivity contribution in [2.45, 2.75) is 11.9 Å². The summed E-state index contributed by atoms with van der Waals surface area (Å²) >= 11 is 0. The molecule has 0 spiro atoms. The van der Waals surface area contributed by atoms with Crippen LogP contribution in [0.1, 0.15) is 11.1 Å². The van der Waals surface area contributed by atoms with Crippen molar-refractivity contribution in [3.8, 4) is 11.5 Å². The number of benzene rings is 4. The van der Waals surface area contributed by atoms with Crippen LogP contribution in [-0.4, -0.2) is 11.0 Å². The molecule has 0 aliphatic carbocycles. The van der Waals surface area contributed by atoms with Gasteiger partial charge < -0.3 is 19.1 Å². The number of rotatable bonds is 7. The van der Waals surface area contributed by atoms with Gasteiger partial charge in [-0.25, -0.2) is 4.57 Å². The average molecular weight is 471 g/mol. The van der Waals surface area contributed by atoms with Gasteiger partial charge in [0.15, 0.2) is 0 Å². The van der Waals surface area contributed by atoms with Crippen molar-refractivity contribution in [1.29, 1.82) is 0 Å². The molecule has 1 atom stereocenters. The minimum atomic E-state index is -4.59. The molecule has 5 rings (SSSR count). The van der Waals surface area contributed by atoms with E-state index in [1.807, 2.05) is 30.3 Å². The number of carbonyl (C=O) groups is 1. The van der Waals surface area contributed by atoms with E-state index < -0.39 is 18.8 Å². The lowest BCUT2D eigenvalue weighted by molar-refractivity contribution is -0.130. The Labute approximate surface area is 197 Å². The van der Waals surface area contributed by atoms with Gasteiger partial charge in [0.25, 0.3) is 11.2 Å². The van der Waals surface area contributed by atoms with E-state index in [1.54, 1.807) is 84.9 Å². The topological polar surface area (TPSA) is 76.1 Å². The molecule has 0 fully saturated rings. The van der Waals surface area contributed by atoms with E-state index in [1.165, 1.54) is 4.90 Å². The summed E-state index contributed by atoms with van der Waals surface area (Å²) in [6.45, 7) is 0.190. The molecule has 4 aromatic rings. The third-order valence-corrected chi connectivity index (χ3v) is 7.76. The van der Waals surface area contributed by atoms with Gasteiger partial charge in [-0.3, -0.25) is 4.79 Å². The summed E-state index contributed by atoms with van der Waals surface area (Å²) in [5.74, 6) is -0.350. The number of aliphatic hydroxyl groups is 1. The number of amides is 1. The van der Waals surface area contributed by atoms with E-state index >= 15 is 0 Å². The summed E-state index contributed by atoms with van der Waals surface area (Å²) in [5.41, 5.74) is 1.48. The van der Waals surface area contributed by atoms with E-state index in [4.69, 9.17) is 9.05 Å². The number of hydrogen-bond donors (Lipinski definition) is 1. The molecule has 4 aromatic carbocycles. The van der Waals surface area contributed by atoms with Gasteiger partial charge in [-0.1, -0.05) is 84.9 Å². The second kappa shape index (κ2) is 8.82. The zero-order valence-corrected chi connectivity index (χ0v) is 19.0. The highest BCUT2D eigenvalue weighted by atomic mass is 31.2. The Morgan fingerprint density at radius 1 is 0.706 bits per heavy atom. The van der Waals surface area contributed by atoms with Crippen LogP contribution in [0.15, 0.2) is 115 Å². The number of anilines is 1. The SMILES string of the molecule is O=C1N(Cc2ccccc2)c2ccccc2C1(O)P(=O)(Oc1ccccc1)Oc1ccccc1. The summed E-state index contributed by atoms with van der Waals surface area (Å²) < 4.78 is 26.2. The largest absolute Gasteiger partial charge is 0.476 e. The lowest BCUT2D eigenvalue weighted by atomic mass is 10.1. The molecule has 0 aromatic heterocycles. The molecule has 1 amide bonds. The first-order valence-electron chi connectivity index (χ1n) is 10.8. The standard InChI is InChI=1S/C27H22NO5P/c29-26-27(30,24-18-10-11-19-25(24)28(26)20-21-12-4-1-5-13-21)34(31,32-22-14-6-2-7-15-22)33-23-16-8-3-9-17-23/h1-19,30H,20H2. The van der Waals surface area contributed by atoms with E-state index in [0.717, 1.165) is 5.56 Å². The fourth-order valence-corrected chi connectivity index (χ4v) is 5.93. The third kappa shape index (κ3) is 3.77. The maximum Gasteiger partial charge on any atom is 0.476 e. The van der Waals surface area contributed by atoms with Crippen LogP contribution in [0.4, 0.5) is 5.69 Å². The molecule has 1 unspecified atom stereocenters. The molecule has 34 heavy (non-hydrogen) atoms. The van der Waals surface area contributed by atoms with Crippen molar-refractivity contribution < 1.29 is 23.5 Å². The van der Waals surface area contributed by atoms with Crippen molar-refractivity contribution in [1.82, 2.24) is 0 Å². The van der Waals surface area contributed by atoms with Gasteiger partial charge in [0.2, 0.25) is 0 Å². The Hall–Kier alpha value is -3.86. The van der Waals surface area contributed by atoms with Crippen molar-refractivity contribution in [3.63, 3.8) is 0 Å². The van der Waals surface area contributed by atoms with Crippen molar-refractivity contribution >= 4 is 19.2 Å². The average Bonchev–Trinajstić information content (AvgIpc) is 3.09. The Morgan fingerprint density at radius 3 is 1.74 bits per heavy atom. The second-order valence-electron chi connectivity index (χ2n) is 7.87. The lowest BCUT2D eigenvalue weighted by Gasteiger charge is -2.31. The first-order valence-corrected chi connectivity index (χ1v) is 12.3. The smallest absolute Gasteiger partial charge is 0.414 e.